The highest BCUT2D eigenvalue weighted by Crippen LogP contribution is 2.30. The van der Waals surface area contributed by atoms with Crippen molar-refractivity contribution in [3.63, 3.8) is 0 Å². The van der Waals surface area contributed by atoms with Crippen LogP contribution in [-0.4, -0.2) is 25.8 Å². The number of hydrogen-bond donors (Lipinski definition) is 1. The van der Waals surface area contributed by atoms with Crippen molar-refractivity contribution >= 4 is 0 Å². The normalized spacial score (nSPS) is 27.9. The molecular weight excluding hydrogens is 250 g/mol. The maximum absolute atomic E-state index is 6.10. The highest BCUT2D eigenvalue weighted by Gasteiger charge is 2.32. The summed E-state index contributed by atoms with van der Waals surface area (Å²) in [6.07, 6.45) is 1.16. The maximum Gasteiger partial charge on any atom is 0.118 e. The fourth-order valence-electron chi connectivity index (χ4n) is 2.81. The van der Waals surface area contributed by atoms with Gasteiger partial charge >= 0.3 is 0 Å². The molecular formula is C17H27NO2. The van der Waals surface area contributed by atoms with Gasteiger partial charge in [0.25, 0.3) is 0 Å². The van der Waals surface area contributed by atoms with Crippen LogP contribution >= 0.6 is 0 Å². The van der Waals surface area contributed by atoms with Crippen LogP contribution in [0.25, 0.3) is 0 Å². The highest BCUT2D eigenvalue weighted by molar-refractivity contribution is 5.29. The van der Waals surface area contributed by atoms with Crippen LogP contribution in [-0.2, 0) is 4.74 Å². The smallest absolute Gasteiger partial charge is 0.118 e. The summed E-state index contributed by atoms with van der Waals surface area (Å²) < 4.78 is 11.3. The summed E-state index contributed by atoms with van der Waals surface area (Å²) in [5, 5.41) is 3.74. The van der Waals surface area contributed by atoms with Crippen molar-refractivity contribution < 1.29 is 9.47 Å². The van der Waals surface area contributed by atoms with Crippen LogP contribution < -0.4 is 10.1 Å². The van der Waals surface area contributed by atoms with E-state index in [-0.39, 0.29) is 11.5 Å². The van der Waals surface area contributed by atoms with E-state index in [9.17, 15) is 0 Å². The lowest BCUT2D eigenvalue weighted by molar-refractivity contribution is 0.0460. The Bertz CT molecular complexity index is 422. The zero-order valence-corrected chi connectivity index (χ0v) is 13.3. The van der Waals surface area contributed by atoms with Crippen LogP contribution in [0.1, 0.15) is 45.8 Å². The molecule has 1 saturated heterocycles. The Labute approximate surface area is 122 Å². The number of ether oxygens (including phenoxy) is 2. The van der Waals surface area contributed by atoms with Gasteiger partial charge in [-0.1, -0.05) is 32.9 Å². The van der Waals surface area contributed by atoms with Gasteiger partial charge in [0, 0.05) is 18.7 Å². The van der Waals surface area contributed by atoms with E-state index < -0.39 is 0 Å². The van der Waals surface area contributed by atoms with Crippen LogP contribution in [0.4, 0.5) is 0 Å². The summed E-state index contributed by atoms with van der Waals surface area (Å²) in [6.45, 7) is 9.86. The van der Waals surface area contributed by atoms with E-state index in [1.165, 1.54) is 5.56 Å². The monoisotopic (exact) mass is 277 g/mol. The molecule has 3 unspecified atom stereocenters. The summed E-state index contributed by atoms with van der Waals surface area (Å²) in [5.41, 5.74) is 1.47. The lowest BCUT2D eigenvalue weighted by Crippen LogP contribution is -2.45. The minimum atomic E-state index is 0.105. The molecule has 0 amide bonds. The van der Waals surface area contributed by atoms with Crippen molar-refractivity contribution in [2.45, 2.75) is 52.3 Å². The standard InChI is InChI=1S/C17H27NO2/c1-12-16(13-6-8-14(19-5)9-7-13)20-11-10-15(18-12)17(2,3)4/h6-9,12,15-16,18H,10-11H2,1-5H3. The second kappa shape index (κ2) is 6.15. The van der Waals surface area contributed by atoms with E-state index in [1.54, 1.807) is 7.11 Å². The molecule has 0 aliphatic carbocycles. The highest BCUT2D eigenvalue weighted by atomic mass is 16.5. The molecule has 3 atom stereocenters. The molecule has 20 heavy (non-hydrogen) atoms. The molecule has 3 heteroatoms. The van der Waals surface area contributed by atoms with Gasteiger partial charge in [-0.3, -0.25) is 0 Å². The molecule has 0 aromatic heterocycles. The number of methoxy groups -OCH3 is 1. The predicted octanol–water partition coefficient (Wildman–Crippen LogP) is 3.55. The summed E-state index contributed by atoms with van der Waals surface area (Å²) in [4.78, 5) is 0. The average Bonchev–Trinajstić information content (AvgIpc) is 2.60. The number of rotatable bonds is 2. The summed E-state index contributed by atoms with van der Waals surface area (Å²) >= 11 is 0. The molecule has 1 aliphatic rings. The Balaban J connectivity index is 2.12. The Hall–Kier alpha value is -1.06. The number of hydrogen-bond acceptors (Lipinski definition) is 3. The number of benzene rings is 1. The van der Waals surface area contributed by atoms with Crippen molar-refractivity contribution in [1.82, 2.24) is 5.32 Å². The zero-order valence-electron chi connectivity index (χ0n) is 13.3. The number of nitrogens with one attached hydrogen (secondary N) is 1. The lowest BCUT2D eigenvalue weighted by atomic mass is 9.84. The molecule has 112 valence electrons. The first-order valence-corrected chi connectivity index (χ1v) is 7.43. The van der Waals surface area contributed by atoms with Gasteiger partial charge in [0.2, 0.25) is 0 Å². The summed E-state index contributed by atoms with van der Waals surface area (Å²) in [5.74, 6) is 0.885. The van der Waals surface area contributed by atoms with Crippen molar-refractivity contribution in [2.75, 3.05) is 13.7 Å². The van der Waals surface area contributed by atoms with Crippen LogP contribution in [0.5, 0.6) is 5.75 Å². The van der Waals surface area contributed by atoms with Crippen molar-refractivity contribution in [3.05, 3.63) is 29.8 Å². The Morgan fingerprint density at radius 1 is 1.20 bits per heavy atom. The molecule has 1 aromatic carbocycles. The van der Waals surface area contributed by atoms with Crippen LogP contribution in [0.3, 0.4) is 0 Å². The minimum absolute atomic E-state index is 0.105. The lowest BCUT2D eigenvalue weighted by Gasteiger charge is -2.33. The molecule has 1 heterocycles. The zero-order chi connectivity index (χ0) is 14.8. The Morgan fingerprint density at radius 3 is 2.40 bits per heavy atom. The Morgan fingerprint density at radius 2 is 1.85 bits per heavy atom. The molecule has 0 spiro atoms. The van der Waals surface area contributed by atoms with Gasteiger partial charge in [0.05, 0.1) is 13.2 Å². The molecule has 1 aliphatic heterocycles. The van der Waals surface area contributed by atoms with Gasteiger partial charge in [0.15, 0.2) is 0 Å². The fraction of sp³-hybridized carbons (Fsp3) is 0.647. The predicted molar refractivity (Wildman–Crippen MR) is 82.1 cm³/mol. The quantitative estimate of drug-likeness (QED) is 0.896. The van der Waals surface area contributed by atoms with E-state index in [1.807, 2.05) is 12.1 Å². The van der Waals surface area contributed by atoms with Crippen molar-refractivity contribution in [3.8, 4) is 5.75 Å². The van der Waals surface area contributed by atoms with Gasteiger partial charge in [0.1, 0.15) is 5.75 Å². The molecule has 2 rings (SSSR count). The van der Waals surface area contributed by atoms with Gasteiger partial charge in [-0.25, -0.2) is 0 Å². The third-order valence-electron chi connectivity index (χ3n) is 4.11. The molecule has 0 radical (unpaired) electrons. The second-order valence-electron chi connectivity index (χ2n) is 6.73. The van der Waals surface area contributed by atoms with E-state index in [0.717, 1.165) is 18.8 Å². The van der Waals surface area contributed by atoms with Crippen molar-refractivity contribution in [1.29, 1.82) is 0 Å². The molecule has 3 nitrogen and oxygen atoms in total. The van der Waals surface area contributed by atoms with Gasteiger partial charge < -0.3 is 14.8 Å². The third kappa shape index (κ3) is 3.53. The van der Waals surface area contributed by atoms with Gasteiger partial charge in [-0.2, -0.15) is 0 Å². The first-order chi connectivity index (χ1) is 9.41. The molecule has 1 fully saturated rings. The first-order valence-electron chi connectivity index (χ1n) is 7.43. The van der Waals surface area contributed by atoms with Crippen LogP contribution in [0, 0.1) is 5.41 Å². The van der Waals surface area contributed by atoms with E-state index in [2.05, 4.69) is 45.1 Å². The van der Waals surface area contributed by atoms with E-state index >= 15 is 0 Å². The van der Waals surface area contributed by atoms with Crippen LogP contribution in [0.2, 0.25) is 0 Å². The molecule has 1 N–H and O–H groups in total. The minimum Gasteiger partial charge on any atom is -0.497 e. The molecule has 0 saturated carbocycles. The average molecular weight is 277 g/mol. The van der Waals surface area contributed by atoms with Crippen LogP contribution in [0.15, 0.2) is 24.3 Å². The molecule has 0 bridgehead atoms. The third-order valence-corrected chi connectivity index (χ3v) is 4.11. The maximum atomic E-state index is 6.10. The summed E-state index contributed by atoms with van der Waals surface area (Å²) in [6, 6.07) is 8.98. The SMILES string of the molecule is COc1ccc(C2OCCC(C(C)(C)C)NC2C)cc1. The second-order valence-corrected chi connectivity index (χ2v) is 6.73. The van der Waals surface area contributed by atoms with Gasteiger partial charge in [-0.05, 0) is 36.5 Å². The Kier molecular flexibility index (Phi) is 4.71. The largest absolute Gasteiger partial charge is 0.497 e. The fourth-order valence-corrected chi connectivity index (χ4v) is 2.81. The van der Waals surface area contributed by atoms with E-state index in [0.29, 0.717) is 12.1 Å². The first kappa shape index (κ1) is 15.3. The van der Waals surface area contributed by atoms with Gasteiger partial charge in [-0.15, -0.1) is 0 Å². The topological polar surface area (TPSA) is 30.5 Å². The van der Waals surface area contributed by atoms with Crippen molar-refractivity contribution in [2.24, 2.45) is 5.41 Å². The van der Waals surface area contributed by atoms with E-state index in [4.69, 9.17) is 9.47 Å². The summed E-state index contributed by atoms with van der Waals surface area (Å²) in [7, 11) is 1.69. The molecule has 1 aromatic rings.